The van der Waals surface area contributed by atoms with E-state index in [0.717, 1.165) is 5.56 Å². The summed E-state index contributed by atoms with van der Waals surface area (Å²) in [5.41, 5.74) is 2.41. The van der Waals surface area contributed by atoms with Crippen LogP contribution in [-0.4, -0.2) is 26.0 Å². The second-order valence-electron chi connectivity index (χ2n) is 6.53. The molecule has 4 rings (SSSR count). The molecule has 0 unspecified atom stereocenters. The van der Waals surface area contributed by atoms with Crippen LogP contribution in [0.2, 0.25) is 5.02 Å². The van der Waals surface area contributed by atoms with Crippen molar-refractivity contribution in [3.63, 3.8) is 0 Å². The van der Waals surface area contributed by atoms with Crippen molar-refractivity contribution in [2.24, 2.45) is 4.99 Å². The topological polar surface area (TPSA) is 51.1 Å². The number of hydrogen-bond acceptors (Lipinski definition) is 4. The van der Waals surface area contributed by atoms with E-state index in [0.29, 0.717) is 33.6 Å². The van der Waals surface area contributed by atoms with Crippen LogP contribution in [0.15, 0.2) is 83.5 Å². The zero-order valence-electron chi connectivity index (χ0n) is 16.5. The van der Waals surface area contributed by atoms with Gasteiger partial charge in [-0.15, -0.1) is 0 Å². The predicted octanol–water partition coefficient (Wildman–Crippen LogP) is 5.19. The number of para-hydroxylation sites is 1. The van der Waals surface area contributed by atoms with Gasteiger partial charge in [-0.25, -0.2) is 4.99 Å². The summed E-state index contributed by atoms with van der Waals surface area (Å²) < 4.78 is 10.7. The summed E-state index contributed by atoms with van der Waals surface area (Å²) in [4.78, 5) is 19.6. The lowest BCUT2D eigenvalue weighted by Gasteiger charge is -2.19. The van der Waals surface area contributed by atoms with Crippen molar-refractivity contribution in [2.45, 2.75) is 0 Å². The minimum absolute atomic E-state index is 0.242. The van der Waals surface area contributed by atoms with Gasteiger partial charge in [0.25, 0.3) is 5.91 Å². The number of rotatable bonds is 5. The number of aliphatic imine (C=N–C) groups is 1. The highest BCUT2D eigenvalue weighted by molar-refractivity contribution is 6.39. The molecular weight excluding hydrogens is 400 g/mol. The zero-order chi connectivity index (χ0) is 21.1. The van der Waals surface area contributed by atoms with E-state index < -0.39 is 0 Å². The number of halogens is 1. The fourth-order valence-corrected chi connectivity index (χ4v) is 3.46. The molecule has 0 bridgehead atoms. The first kappa shape index (κ1) is 19.7. The lowest BCUT2D eigenvalue weighted by atomic mass is 10.1. The Hall–Kier alpha value is -3.57. The normalized spacial score (nSPS) is 14.8. The van der Waals surface area contributed by atoms with Crippen LogP contribution in [0.3, 0.4) is 0 Å². The third-order valence-electron chi connectivity index (χ3n) is 4.72. The van der Waals surface area contributed by atoms with Gasteiger partial charge in [0.15, 0.2) is 0 Å². The molecule has 1 aliphatic rings. The molecule has 150 valence electrons. The van der Waals surface area contributed by atoms with E-state index in [1.165, 1.54) is 0 Å². The van der Waals surface area contributed by atoms with Crippen LogP contribution >= 0.6 is 11.6 Å². The molecule has 3 aromatic carbocycles. The first-order valence-electron chi connectivity index (χ1n) is 9.29. The van der Waals surface area contributed by atoms with Gasteiger partial charge in [-0.3, -0.25) is 9.69 Å². The Bertz CT molecular complexity index is 1160. The second-order valence-corrected chi connectivity index (χ2v) is 6.94. The van der Waals surface area contributed by atoms with Crippen molar-refractivity contribution in [1.29, 1.82) is 0 Å². The molecular formula is C24H19ClN2O3. The van der Waals surface area contributed by atoms with Crippen LogP contribution in [-0.2, 0) is 4.79 Å². The average Bonchev–Trinajstić information content (AvgIpc) is 3.10. The average molecular weight is 419 g/mol. The van der Waals surface area contributed by atoms with E-state index in [-0.39, 0.29) is 11.6 Å². The Kier molecular flexibility index (Phi) is 5.55. The van der Waals surface area contributed by atoms with E-state index in [2.05, 4.69) is 4.99 Å². The van der Waals surface area contributed by atoms with Crippen molar-refractivity contribution in [3.05, 3.63) is 94.6 Å². The van der Waals surface area contributed by atoms with Gasteiger partial charge in [-0.1, -0.05) is 41.9 Å². The molecule has 0 fully saturated rings. The van der Waals surface area contributed by atoms with Gasteiger partial charge in [-0.05, 0) is 42.5 Å². The standard InChI is InChI=1S/C24H19ClN2O3/c1-29-18-13-12-16(22(15-18)30-2)14-21-24(28)27(17-8-4-3-5-9-17)23(26-21)19-10-6-7-11-20(19)25/h3-15H,1-2H3/b21-14+. The molecule has 1 amide bonds. The van der Waals surface area contributed by atoms with E-state index in [4.69, 9.17) is 21.1 Å². The van der Waals surface area contributed by atoms with Crippen LogP contribution < -0.4 is 14.4 Å². The van der Waals surface area contributed by atoms with Gasteiger partial charge in [0, 0.05) is 17.2 Å². The quantitative estimate of drug-likeness (QED) is 0.535. The largest absolute Gasteiger partial charge is 0.497 e. The summed E-state index contributed by atoms with van der Waals surface area (Å²) in [6.07, 6.45) is 1.71. The summed E-state index contributed by atoms with van der Waals surface area (Å²) in [6, 6.07) is 22.1. The highest BCUT2D eigenvalue weighted by atomic mass is 35.5. The van der Waals surface area contributed by atoms with Crippen LogP contribution in [0.25, 0.3) is 6.08 Å². The lowest BCUT2D eigenvalue weighted by molar-refractivity contribution is -0.113. The molecule has 0 N–H and O–H groups in total. The van der Waals surface area contributed by atoms with Crippen molar-refractivity contribution >= 4 is 35.1 Å². The fraction of sp³-hybridized carbons (Fsp3) is 0.0833. The maximum absolute atomic E-state index is 13.4. The number of amides is 1. The summed E-state index contributed by atoms with van der Waals surface area (Å²) in [5.74, 6) is 1.49. The maximum atomic E-state index is 13.4. The smallest absolute Gasteiger partial charge is 0.282 e. The van der Waals surface area contributed by atoms with Crippen molar-refractivity contribution in [2.75, 3.05) is 19.1 Å². The summed E-state index contributed by atoms with van der Waals surface area (Å²) in [5, 5.41) is 0.522. The van der Waals surface area contributed by atoms with Gasteiger partial charge >= 0.3 is 0 Å². The fourth-order valence-electron chi connectivity index (χ4n) is 3.24. The number of nitrogens with zero attached hydrogens (tertiary/aromatic N) is 2. The predicted molar refractivity (Wildman–Crippen MR) is 119 cm³/mol. The molecule has 30 heavy (non-hydrogen) atoms. The number of methoxy groups -OCH3 is 2. The lowest BCUT2D eigenvalue weighted by Crippen LogP contribution is -2.32. The van der Waals surface area contributed by atoms with Gasteiger partial charge in [0.2, 0.25) is 0 Å². The summed E-state index contributed by atoms with van der Waals surface area (Å²) in [7, 11) is 3.16. The Balaban J connectivity index is 1.85. The summed E-state index contributed by atoms with van der Waals surface area (Å²) >= 11 is 6.42. The number of amidine groups is 1. The molecule has 0 saturated heterocycles. The second kappa shape index (κ2) is 8.43. The van der Waals surface area contributed by atoms with E-state index in [1.54, 1.807) is 37.3 Å². The number of anilines is 1. The zero-order valence-corrected chi connectivity index (χ0v) is 17.3. The van der Waals surface area contributed by atoms with Crippen LogP contribution in [0, 0.1) is 0 Å². The third kappa shape index (κ3) is 3.67. The molecule has 6 heteroatoms. The Morgan fingerprint density at radius 1 is 0.933 bits per heavy atom. The van der Waals surface area contributed by atoms with Crippen LogP contribution in [0.1, 0.15) is 11.1 Å². The molecule has 0 saturated carbocycles. The van der Waals surface area contributed by atoms with Gasteiger partial charge < -0.3 is 9.47 Å². The Morgan fingerprint density at radius 2 is 1.67 bits per heavy atom. The van der Waals surface area contributed by atoms with Crippen LogP contribution in [0.4, 0.5) is 5.69 Å². The van der Waals surface area contributed by atoms with E-state index in [1.807, 2.05) is 60.7 Å². The highest BCUT2D eigenvalue weighted by Crippen LogP contribution is 2.32. The van der Waals surface area contributed by atoms with Gasteiger partial charge in [0.1, 0.15) is 23.0 Å². The number of ether oxygens (including phenoxy) is 2. The molecule has 0 spiro atoms. The number of benzene rings is 3. The first-order valence-corrected chi connectivity index (χ1v) is 9.67. The van der Waals surface area contributed by atoms with Crippen molar-refractivity contribution in [1.82, 2.24) is 0 Å². The molecule has 0 atom stereocenters. The molecule has 0 aromatic heterocycles. The third-order valence-corrected chi connectivity index (χ3v) is 5.05. The summed E-state index contributed by atoms with van der Waals surface area (Å²) in [6.45, 7) is 0. The molecule has 0 radical (unpaired) electrons. The monoisotopic (exact) mass is 418 g/mol. The maximum Gasteiger partial charge on any atom is 0.282 e. The molecule has 5 nitrogen and oxygen atoms in total. The first-order chi connectivity index (χ1) is 14.6. The Labute approximate surface area is 179 Å². The number of carbonyl (C=O) groups is 1. The van der Waals surface area contributed by atoms with Gasteiger partial charge in [-0.2, -0.15) is 0 Å². The van der Waals surface area contributed by atoms with E-state index in [9.17, 15) is 4.79 Å². The minimum Gasteiger partial charge on any atom is -0.497 e. The minimum atomic E-state index is -0.242. The molecule has 1 aliphatic heterocycles. The number of hydrogen-bond donors (Lipinski definition) is 0. The number of carbonyl (C=O) groups excluding carboxylic acids is 1. The SMILES string of the molecule is COc1ccc(/C=C2/N=C(c3ccccc3Cl)N(c3ccccc3)C2=O)c(OC)c1. The Morgan fingerprint density at radius 3 is 2.37 bits per heavy atom. The van der Waals surface area contributed by atoms with Crippen LogP contribution in [0.5, 0.6) is 11.5 Å². The molecule has 1 heterocycles. The van der Waals surface area contributed by atoms with Gasteiger partial charge in [0.05, 0.1) is 24.9 Å². The van der Waals surface area contributed by atoms with Crippen molar-refractivity contribution < 1.29 is 14.3 Å². The van der Waals surface area contributed by atoms with E-state index >= 15 is 0 Å². The highest BCUT2D eigenvalue weighted by Gasteiger charge is 2.33. The molecule has 3 aromatic rings. The van der Waals surface area contributed by atoms with Crippen molar-refractivity contribution in [3.8, 4) is 11.5 Å². The molecule has 0 aliphatic carbocycles.